The number of allylic oxidation sites excluding steroid dienone is 4. The summed E-state index contributed by atoms with van der Waals surface area (Å²) < 4.78 is 6.34. The molecule has 2 saturated carbocycles. The third-order valence-corrected chi connectivity index (χ3v) is 9.14. The predicted octanol–water partition coefficient (Wildman–Crippen LogP) is 5.90. The maximum atomic E-state index is 12.2. The molecule has 4 aliphatic carbocycles. The van der Waals surface area contributed by atoms with E-state index in [1.807, 2.05) is 32.1 Å². The van der Waals surface area contributed by atoms with Gasteiger partial charge in [0.1, 0.15) is 0 Å². The summed E-state index contributed by atoms with van der Waals surface area (Å²) in [5, 5.41) is 24.1. The van der Waals surface area contributed by atoms with Gasteiger partial charge in [-0.25, -0.2) is 0 Å². The van der Waals surface area contributed by atoms with Gasteiger partial charge in [0.15, 0.2) is 11.6 Å². The van der Waals surface area contributed by atoms with Crippen LogP contribution in [-0.2, 0) is 9.53 Å². The first kappa shape index (κ1) is 23.5. The molecule has 0 saturated heterocycles. The van der Waals surface area contributed by atoms with Crippen LogP contribution >= 0.6 is 0 Å². The number of carbonyl (C=O) groups is 1. The smallest absolute Gasteiger partial charge is 0.171 e. The SMILES string of the molecule is CC[C@]12C[C@H](c3ccc(C=NO)cc3)C3=C4CCC(=O)C=C4CC[C@H]3[C@@H]1CC[C@@]2(O)OC(C)C. The summed E-state index contributed by atoms with van der Waals surface area (Å²) in [4.78, 5) is 12.2. The van der Waals surface area contributed by atoms with Crippen LogP contribution in [0.5, 0.6) is 0 Å². The monoisotopic (exact) mass is 463 g/mol. The van der Waals surface area contributed by atoms with E-state index in [9.17, 15) is 9.90 Å². The molecule has 5 nitrogen and oxygen atoms in total. The van der Waals surface area contributed by atoms with Crippen molar-refractivity contribution >= 4 is 12.0 Å². The lowest BCUT2D eigenvalue weighted by atomic mass is 9.51. The molecule has 0 unspecified atom stereocenters. The molecule has 5 rings (SSSR count). The molecule has 34 heavy (non-hydrogen) atoms. The molecule has 5 heteroatoms. The lowest BCUT2D eigenvalue weighted by Crippen LogP contribution is -2.55. The molecule has 0 heterocycles. The molecular formula is C29H37NO4. The normalized spacial score (nSPS) is 35.4. The number of ether oxygens (including phenoxy) is 1. The van der Waals surface area contributed by atoms with Gasteiger partial charge in [-0.1, -0.05) is 41.9 Å². The van der Waals surface area contributed by atoms with Crippen LogP contribution in [0.25, 0.3) is 0 Å². The molecule has 0 aliphatic heterocycles. The van der Waals surface area contributed by atoms with Gasteiger partial charge in [-0.3, -0.25) is 4.79 Å². The zero-order chi connectivity index (χ0) is 24.1. The fourth-order valence-electron chi connectivity index (χ4n) is 7.86. The van der Waals surface area contributed by atoms with E-state index in [1.165, 1.54) is 28.5 Å². The molecule has 2 N–H and O–H groups in total. The predicted molar refractivity (Wildman–Crippen MR) is 132 cm³/mol. The van der Waals surface area contributed by atoms with Gasteiger partial charge in [0.2, 0.25) is 0 Å². The molecule has 0 amide bonds. The van der Waals surface area contributed by atoms with E-state index in [1.54, 1.807) is 0 Å². The van der Waals surface area contributed by atoms with Crippen molar-refractivity contribution < 1.29 is 19.8 Å². The van der Waals surface area contributed by atoms with Crippen LogP contribution in [0.3, 0.4) is 0 Å². The van der Waals surface area contributed by atoms with Crippen LogP contribution < -0.4 is 0 Å². The van der Waals surface area contributed by atoms with E-state index in [4.69, 9.17) is 9.94 Å². The van der Waals surface area contributed by atoms with Gasteiger partial charge >= 0.3 is 0 Å². The standard InChI is InChI=1S/C29H37NO4/c1-4-28-16-25(20-7-5-19(6-8-20)17-30-33)27-23-12-10-22(31)15-21(23)9-11-24(27)26(28)13-14-29(28,32)34-18(2)3/h5-8,15,17-18,24-26,32-33H,4,9-14,16H2,1-3H3/t24-,25+,26-,28-,29+/m0/s1. The van der Waals surface area contributed by atoms with E-state index in [2.05, 4.69) is 24.2 Å². The number of nitrogens with zero attached hydrogens (tertiary/aromatic N) is 1. The first-order chi connectivity index (χ1) is 16.3. The largest absolute Gasteiger partial charge is 0.411 e. The third-order valence-electron chi connectivity index (χ3n) is 9.14. The maximum Gasteiger partial charge on any atom is 0.171 e. The highest BCUT2D eigenvalue weighted by Gasteiger charge is 2.65. The first-order valence-electron chi connectivity index (χ1n) is 13.0. The number of carbonyl (C=O) groups excluding carboxylic acids is 1. The molecule has 0 spiro atoms. The Morgan fingerprint density at radius 1 is 1.18 bits per heavy atom. The molecular weight excluding hydrogens is 426 g/mol. The molecule has 2 fully saturated rings. The second-order valence-electron chi connectivity index (χ2n) is 11.0. The average Bonchev–Trinajstić information content (AvgIpc) is 3.10. The summed E-state index contributed by atoms with van der Waals surface area (Å²) in [5.41, 5.74) is 5.95. The quantitative estimate of drug-likeness (QED) is 0.247. The van der Waals surface area contributed by atoms with Crippen molar-refractivity contribution in [1.82, 2.24) is 0 Å². The zero-order valence-electron chi connectivity index (χ0n) is 20.6. The number of hydrogen-bond donors (Lipinski definition) is 2. The fourth-order valence-corrected chi connectivity index (χ4v) is 7.86. The number of ketones is 1. The number of benzene rings is 1. The number of hydrogen-bond acceptors (Lipinski definition) is 5. The minimum absolute atomic E-state index is 0.0346. The Kier molecular flexibility index (Phi) is 6.06. The average molecular weight is 464 g/mol. The third kappa shape index (κ3) is 3.59. The van der Waals surface area contributed by atoms with Gasteiger partial charge in [-0.15, -0.1) is 0 Å². The first-order valence-corrected chi connectivity index (χ1v) is 13.0. The molecule has 5 atom stereocenters. The Balaban J connectivity index is 1.66. The van der Waals surface area contributed by atoms with Crippen LogP contribution in [0.15, 0.2) is 52.2 Å². The lowest BCUT2D eigenvalue weighted by Gasteiger charge is -2.56. The van der Waals surface area contributed by atoms with Gasteiger partial charge in [-0.05, 0) is 92.6 Å². The van der Waals surface area contributed by atoms with Gasteiger partial charge in [0.25, 0.3) is 0 Å². The van der Waals surface area contributed by atoms with Crippen molar-refractivity contribution in [1.29, 1.82) is 0 Å². The van der Waals surface area contributed by atoms with Crippen molar-refractivity contribution in [2.24, 2.45) is 22.4 Å². The minimum atomic E-state index is -1.11. The highest BCUT2D eigenvalue weighted by Crippen LogP contribution is 2.68. The molecule has 1 aromatic carbocycles. The topological polar surface area (TPSA) is 79.1 Å². The maximum absolute atomic E-state index is 12.2. The molecule has 0 aromatic heterocycles. The second-order valence-corrected chi connectivity index (χ2v) is 11.0. The van der Waals surface area contributed by atoms with Crippen molar-refractivity contribution in [3.05, 3.63) is 58.2 Å². The molecule has 182 valence electrons. The van der Waals surface area contributed by atoms with E-state index in [0.29, 0.717) is 24.7 Å². The molecule has 4 aliphatic rings. The molecule has 0 radical (unpaired) electrons. The van der Waals surface area contributed by atoms with E-state index in [-0.39, 0.29) is 23.2 Å². The summed E-state index contributed by atoms with van der Waals surface area (Å²) in [7, 11) is 0. The Morgan fingerprint density at radius 3 is 2.62 bits per heavy atom. The highest BCUT2D eigenvalue weighted by molar-refractivity contribution is 5.93. The van der Waals surface area contributed by atoms with Crippen LogP contribution in [0.2, 0.25) is 0 Å². The Morgan fingerprint density at radius 2 is 1.94 bits per heavy atom. The minimum Gasteiger partial charge on any atom is -0.411 e. The number of fused-ring (bicyclic) bond motifs is 4. The summed E-state index contributed by atoms with van der Waals surface area (Å²) in [5.74, 6) is 0.106. The van der Waals surface area contributed by atoms with E-state index >= 15 is 0 Å². The Bertz CT molecular complexity index is 1050. The van der Waals surface area contributed by atoms with Crippen LogP contribution in [0.4, 0.5) is 0 Å². The summed E-state index contributed by atoms with van der Waals surface area (Å²) in [6, 6.07) is 8.27. The number of oxime groups is 1. The van der Waals surface area contributed by atoms with Crippen molar-refractivity contribution in [3.63, 3.8) is 0 Å². The van der Waals surface area contributed by atoms with Crippen LogP contribution in [0.1, 0.15) is 89.2 Å². The van der Waals surface area contributed by atoms with Gasteiger partial charge in [0.05, 0.1) is 12.3 Å². The van der Waals surface area contributed by atoms with Crippen molar-refractivity contribution in [3.8, 4) is 0 Å². The van der Waals surface area contributed by atoms with Gasteiger partial charge < -0.3 is 15.1 Å². The Hall–Kier alpha value is -2.24. The zero-order valence-corrected chi connectivity index (χ0v) is 20.6. The fraction of sp³-hybridized carbons (Fsp3) is 0.586. The van der Waals surface area contributed by atoms with Crippen LogP contribution in [0, 0.1) is 17.3 Å². The van der Waals surface area contributed by atoms with Gasteiger partial charge in [0, 0.05) is 24.2 Å². The summed E-state index contributed by atoms with van der Waals surface area (Å²) in [6.07, 6.45) is 10.1. The summed E-state index contributed by atoms with van der Waals surface area (Å²) in [6.45, 7) is 6.25. The number of rotatable bonds is 5. The van der Waals surface area contributed by atoms with Crippen molar-refractivity contribution in [2.45, 2.75) is 89.9 Å². The molecule has 0 bridgehead atoms. The second kappa shape index (κ2) is 8.76. The van der Waals surface area contributed by atoms with Crippen molar-refractivity contribution in [2.75, 3.05) is 0 Å². The lowest BCUT2D eigenvalue weighted by molar-refractivity contribution is -0.290. The van der Waals surface area contributed by atoms with Crippen LogP contribution in [-0.4, -0.2) is 34.2 Å². The summed E-state index contributed by atoms with van der Waals surface area (Å²) >= 11 is 0. The highest BCUT2D eigenvalue weighted by atomic mass is 16.6. The van der Waals surface area contributed by atoms with E-state index < -0.39 is 5.79 Å². The van der Waals surface area contributed by atoms with Gasteiger partial charge in [-0.2, -0.15) is 0 Å². The molecule has 1 aromatic rings. The number of aliphatic hydroxyl groups is 1. The van der Waals surface area contributed by atoms with E-state index in [0.717, 1.165) is 44.1 Å². The Labute approximate surface area is 202 Å².